The molecule has 1 N–H and O–H groups in total. The van der Waals surface area contributed by atoms with Crippen LogP contribution in [-0.4, -0.2) is 18.8 Å². The summed E-state index contributed by atoms with van der Waals surface area (Å²) in [6, 6.07) is 3.86. The zero-order chi connectivity index (χ0) is 10.1. The fourth-order valence-electron chi connectivity index (χ4n) is 1.75. The molecule has 1 aliphatic heterocycles. The molecule has 2 rings (SSSR count). The Morgan fingerprint density at radius 2 is 2.29 bits per heavy atom. The van der Waals surface area contributed by atoms with Crippen LogP contribution in [0.4, 0.5) is 0 Å². The Kier molecular flexibility index (Phi) is 2.33. The number of hydrogen-bond donors (Lipinski definition) is 1. The Labute approximate surface area is 83.3 Å². The quantitative estimate of drug-likeness (QED) is 0.741. The third-order valence-corrected chi connectivity index (χ3v) is 2.44. The highest BCUT2D eigenvalue weighted by Gasteiger charge is 2.22. The fourth-order valence-corrected chi connectivity index (χ4v) is 1.75. The molecule has 76 valence electrons. The topological polar surface area (TPSA) is 38.7 Å². The van der Waals surface area contributed by atoms with Gasteiger partial charge in [0, 0.05) is 12.0 Å². The summed E-state index contributed by atoms with van der Waals surface area (Å²) in [7, 11) is 1.61. The van der Waals surface area contributed by atoms with Crippen molar-refractivity contribution in [2.24, 2.45) is 0 Å². The number of ether oxygens (including phenoxy) is 2. The van der Waals surface area contributed by atoms with Gasteiger partial charge in [-0.25, -0.2) is 0 Å². The van der Waals surface area contributed by atoms with Gasteiger partial charge in [-0.2, -0.15) is 0 Å². The smallest absolute Gasteiger partial charge is 0.166 e. The lowest BCUT2D eigenvalue weighted by molar-refractivity contribution is 0.112. The molecule has 0 aliphatic carbocycles. The zero-order valence-electron chi connectivity index (χ0n) is 8.41. The first-order valence-electron chi connectivity index (χ1n) is 4.71. The molecule has 14 heavy (non-hydrogen) atoms. The van der Waals surface area contributed by atoms with E-state index in [0.717, 1.165) is 11.1 Å². The first kappa shape index (κ1) is 9.34. The molecule has 0 amide bonds. The van der Waals surface area contributed by atoms with E-state index in [1.807, 2.05) is 19.1 Å². The van der Waals surface area contributed by atoms with E-state index in [2.05, 4.69) is 0 Å². The van der Waals surface area contributed by atoms with Crippen LogP contribution in [0.25, 0.3) is 0 Å². The van der Waals surface area contributed by atoms with Crippen molar-refractivity contribution in [2.45, 2.75) is 19.4 Å². The van der Waals surface area contributed by atoms with Crippen LogP contribution in [0.5, 0.6) is 11.5 Å². The molecule has 0 unspecified atom stereocenters. The molecule has 0 spiro atoms. The van der Waals surface area contributed by atoms with E-state index in [1.165, 1.54) is 0 Å². The van der Waals surface area contributed by atoms with Gasteiger partial charge in [-0.05, 0) is 24.6 Å². The first-order valence-corrected chi connectivity index (χ1v) is 4.71. The Balaban J connectivity index is 2.54. The van der Waals surface area contributed by atoms with Crippen molar-refractivity contribution in [3.63, 3.8) is 0 Å². The molecular formula is C11H14O3. The van der Waals surface area contributed by atoms with Crippen LogP contribution < -0.4 is 9.47 Å². The van der Waals surface area contributed by atoms with Gasteiger partial charge in [0.25, 0.3) is 0 Å². The Bertz CT molecular complexity index is 347. The summed E-state index contributed by atoms with van der Waals surface area (Å²) in [5.74, 6) is 1.40. The normalized spacial score (nSPS) is 19.8. The number of benzene rings is 1. The second kappa shape index (κ2) is 3.50. The summed E-state index contributed by atoms with van der Waals surface area (Å²) in [5.41, 5.74) is 1.92. The van der Waals surface area contributed by atoms with E-state index in [-0.39, 0.29) is 0 Å². The van der Waals surface area contributed by atoms with Crippen LogP contribution in [0.1, 0.15) is 23.7 Å². The van der Waals surface area contributed by atoms with Crippen molar-refractivity contribution in [1.82, 2.24) is 0 Å². The molecule has 3 heteroatoms. The van der Waals surface area contributed by atoms with Crippen LogP contribution in [0.15, 0.2) is 12.1 Å². The molecule has 0 fully saturated rings. The summed E-state index contributed by atoms with van der Waals surface area (Å²) in [6.45, 7) is 2.53. The summed E-state index contributed by atoms with van der Waals surface area (Å²) in [6.07, 6.45) is 0.229. The summed E-state index contributed by atoms with van der Waals surface area (Å²) < 4.78 is 10.7. The van der Waals surface area contributed by atoms with Crippen LogP contribution in [0.2, 0.25) is 0 Å². The molecular weight excluding hydrogens is 180 g/mol. The van der Waals surface area contributed by atoms with Gasteiger partial charge < -0.3 is 14.6 Å². The number of aliphatic hydroxyl groups excluding tert-OH is 1. The van der Waals surface area contributed by atoms with Crippen molar-refractivity contribution < 1.29 is 14.6 Å². The largest absolute Gasteiger partial charge is 0.493 e. The van der Waals surface area contributed by atoms with Gasteiger partial charge in [-0.3, -0.25) is 0 Å². The van der Waals surface area contributed by atoms with Crippen molar-refractivity contribution in [3.05, 3.63) is 23.3 Å². The van der Waals surface area contributed by atoms with Crippen LogP contribution in [0.3, 0.4) is 0 Å². The number of fused-ring (bicyclic) bond motifs is 1. The molecule has 1 aromatic rings. The number of rotatable bonds is 1. The monoisotopic (exact) mass is 194 g/mol. The van der Waals surface area contributed by atoms with Crippen molar-refractivity contribution in [3.8, 4) is 11.5 Å². The summed E-state index contributed by atoms with van der Waals surface area (Å²) in [4.78, 5) is 0. The van der Waals surface area contributed by atoms with Gasteiger partial charge in [0.05, 0.1) is 19.8 Å². The second-order valence-corrected chi connectivity index (χ2v) is 3.54. The van der Waals surface area contributed by atoms with E-state index in [4.69, 9.17) is 9.47 Å². The second-order valence-electron chi connectivity index (χ2n) is 3.54. The predicted molar refractivity (Wildman–Crippen MR) is 52.8 cm³/mol. The Morgan fingerprint density at radius 3 is 3.00 bits per heavy atom. The molecule has 3 nitrogen and oxygen atoms in total. The molecule has 0 bridgehead atoms. The van der Waals surface area contributed by atoms with Gasteiger partial charge in [0.15, 0.2) is 11.5 Å². The van der Waals surface area contributed by atoms with Crippen molar-refractivity contribution in [1.29, 1.82) is 0 Å². The maximum atomic E-state index is 9.77. The highest BCUT2D eigenvalue weighted by molar-refractivity contribution is 5.51. The Hall–Kier alpha value is -1.22. The standard InChI is InChI=1S/C11H14O3/c1-7-5-8-9(12)3-4-14-11(8)10(6-7)13-2/h5-6,9,12H,3-4H2,1-2H3/t9-/m0/s1. The number of aliphatic hydroxyl groups is 1. The maximum absolute atomic E-state index is 9.77. The molecule has 1 aliphatic rings. The minimum atomic E-state index is -0.424. The molecule has 0 saturated carbocycles. The number of aryl methyl sites for hydroxylation is 1. The molecule has 1 heterocycles. The number of methoxy groups -OCH3 is 1. The van der Waals surface area contributed by atoms with Crippen molar-refractivity contribution >= 4 is 0 Å². The predicted octanol–water partition coefficient (Wildman–Crippen LogP) is 1.82. The van der Waals surface area contributed by atoms with E-state index >= 15 is 0 Å². The third-order valence-electron chi connectivity index (χ3n) is 2.44. The molecule has 1 atom stereocenters. The Morgan fingerprint density at radius 1 is 1.50 bits per heavy atom. The lowest BCUT2D eigenvalue weighted by Gasteiger charge is -2.24. The van der Waals surface area contributed by atoms with E-state index in [1.54, 1.807) is 7.11 Å². The van der Waals surface area contributed by atoms with Crippen LogP contribution in [-0.2, 0) is 0 Å². The average molecular weight is 194 g/mol. The van der Waals surface area contributed by atoms with Crippen molar-refractivity contribution in [2.75, 3.05) is 13.7 Å². The minimum Gasteiger partial charge on any atom is -0.493 e. The maximum Gasteiger partial charge on any atom is 0.166 e. The summed E-state index contributed by atoms with van der Waals surface area (Å²) in [5, 5.41) is 9.77. The van der Waals surface area contributed by atoms with Gasteiger partial charge in [0.2, 0.25) is 0 Å². The highest BCUT2D eigenvalue weighted by Crippen LogP contribution is 2.40. The highest BCUT2D eigenvalue weighted by atomic mass is 16.5. The van der Waals surface area contributed by atoms with Gasteiger partial charge >= 0.3 is 0 Å². The van der Waals surface area contributed by atoms with Crippen LogP contribution >= 0.6 is 0 Å². The average Bonchev–Trinajstić information content (AvgIpc) is 2.18. The van der Waals surface area contributed by atoms with Gasteiger partial charge in [-0.1, -0.05) is 0 Å². The van der Waals surface area contributed by atoms with Gasteiger partial charge in [-0.15, -0.1) is 0 Å². The van der Waals surface area contributed by atoms with E-state index < -0.39 is 6.10 Å². The molecule has 0 radical (unpaired) electrons. The molecule has 0 aromatic heterocycles. The first-order chi connectivity index (χ1) is 6.72. The fraction of sp³-hybridized carbons (Fsp3) is 0.455. The van der Waals surface area contributed by atoms with Gasteiger partial charge in [0.1, 0.15) is 0 Å². The lowest BCUT2D eigenvalue weighted by Crippen LogP contribution is -2.14. The lowest BCUT2D eigenvalue weighted by atomic mass is 10.0. The van der Waals surface area contributed by atoms with E-state index in [0.29, 0.717) is 24.5 Å². The molecule has 1 aromatic carbocycles. The third kappa shape index (κ3) is 1.44. The number of hydrogen-bond acceptors (Lipinski definition) is 3. The zero-order valence-corrected chi connectivity index (χ0v) is 8.41. The van der Waals surface area contributed by atoms with Crippen LogP contribution in [0, 0.1) is 6.92 Å². The molecule has 0 saturated heterocycles. The summed E-state index contributed by atoms with van der Waals surface area (Å²) >= 11 is 0. The minimum absolute atomic E-state index is 0.424. The SMILES string of the molecule is COc1cc(C)cc2c1OCC[C@@H]2O. The van der Waals surface area contributed by atoms with E-state index in [9.17, 15) is 5.11 Å².